The van der Waals surface area contributed by atoms with Crippen molar-refractivity contribution in [2.75, 3.05) is 33.1 Å². The lowest BCUT2D eigenvalue weighted by Gasteiger charge is -2.39. The molecule has 0 fully saturated rings. The van der Waals surface area contributed by atoms with Crippen LogP contribution in [0.2, 0.25) is 0 Å². The van der Waals surface area contributed by atoms with Gasteiger partial charge in [0.05, 0.1) is 36.0 Å². The van der Waals surface area contributed by atoms with Crippen molar-refractivity contribution in [2.45, 2.75) is 86.4 Å². The third kappa shape index (κ3) is 8.96. The number of allylic oxidation sites excluding steroid dienone is 2. The molecule has 1 amide bonds. The van der Waals surface area contributed by atoms with Gasteiger partial charge in [0.1, 0.15) is 28.6 Å². The van der Waals surface area contributed by atoms with E-state index in [4.69, 9.17) is 28.3 Å². The molecule has 63 heavy (non-hydrogen) atoms. The minimum absolute atomic E-state index is 0.00295. The number of carbonyl (C=O) groups excluding carboxylic acids is 3. The van der Waals surface area contributed by atoms with E-state index < -0.39 is 58.9 Å². The summed E-state index contributed by atoms with van der Waals surface area (Å²) in [5, 5.41) is 26.1. The lowest BCUT2D eigenvalue weighted by atomic mass is 9.73. The van der Waals surface area contributed by atoms with Gasteiger partial charge in [-0.15, -0.1) is 0 Å². The number of anilines is 1. The van der Waals surface area contributed by atoms with Crippen molar-refractivity contribution >= 4 is 56.3 Å². The number of aliphatic hydroxyl groups excluding tert-OH is 1. The Labute approximate surface area is 366 Å². The third-order valence-electron chi connectivity index (χ3n) is 12.5. The average Bonchev–Trinajstić information content (AvgIpc) is 3.50. The van der Waals surface area contributed by atoms with Gasteiger partial charge in [-0.25, -0.2) is 4.98 Å². The van der Waals surface area contributed by atoms with E-state index in [0.717, 1.165) is 0 Å². The van der Waals surface area contributed by atoms with Gasteiger partial charge < -0.3 is 38.9 Å². The summed E-state index contributed by atoms with van der Waals surface area (Å²) in [6.45, 7) is 16.0. The highest BCUT2D eigenvalue weighted by Gasteiger charge is 2.49. The number of benzene rings is 3. The van der Waals surface area contributed by atoms with Crippen LogP contribution in [0.15, 0.2) is 63.6 Å². The number of phenols is 1. The maximum atomic E-state index is 14.7. The van der Waals surface area contributed by atoms with E-state index in [9.17, 15) is 29.4 Å². The molecule has 3 N–H and O–H groups in total. The molecule has 0 saturated heterocycles. The number of amides is 1. The summed E-state index contributed by atoms with van der Waals surface area (Å²) >= 11 is 0. The van der Waals surface area contributed by atoms with E-state index in [0.29, 0.717) is 17.6 Å². The molecular formula is C49H57N3O11. The molecule has 3 aromatic carbocycles. The van der Waals surface area contributed by atoms with Crippen LogP contribution in [0.5, 0.6) is 11.5 Å². The van der Waals surface area contributed by atoms with Crippen LogP contribution in [0.25, 0.3) is 33.0 Å². The van der Waals surface area contributed by atoms with E-state index in [-0.39, 0.29) is 79.3 Å². The Morgan fingerprint density at radius 1 is 1.02 bits per heavy atom. The molecule has 2 aliphatic rings. The summed E-state index contributed by atoms with van der Waals surface area (Å²) in [5.74, 6) is 0.268. The first-order valence-electron chi connectivity index (χ1n) is 21.1. The number of rotatable bonds is 3. The maximum absolute atomic E-state index is 14.7. The van der Waals surface area contributed by atoms with Crippen molar-refractivity contribution < 1.29 is 48.0 Å². The lowest BCUT2D eigenvalue weighted by molar-refractivity contribution is -0.157. The topological polar surface area (TPSA) is 187 Å². The zero-order valence-electron chi connectivity index (χ0n) is 37.9. The van der Waals surface area contributed by atoms with Gasteiger partial charge in [-0.2, -0.15) is 0 Å². The molecule has 6 rings (SSSR count). The van der Waals surface area contributed by atoms with E-state index in [1.165, 1.54) is 34.1 Å². The molecule has 3 heterocycles. The molecule has 0 spiro atoms. The first-order valence-corrected chi connectivity index (χ1v) is 21.1. The molecule has 334 valence electrons. The summed E-state index contributed by atoms with van der Waals surface area (Å²) in [5.41, 5.74) is 0.374. The van der Waals surface area contributed by atoms with E-state index >= 15 is 0 Å². The molecule has 0 radical (unpaired) electrons. The number of nitrogens with one attached hydrogen (secondary N) is 1. The fourth-order valence-electron chi connectivity index (χ4n) is 8.40. The van der Waals surface area contributed by atoms with Crippen LogP contribution in [-0.4, -0.2) is 89.6 Å². The molecule has 0 unspecified atom stereocenters. The molecular weight excluding hydrogens is 807 g/mol. The molecule has 4 aromatic rings. The van der Waals surface area contributed by atoms with E-state index in [1.54, 1.807) is 49.4 Å². The summed E-state index contributed by atoms with van der Waals surface area (Å²) in [4.78, 5) is 62.3. The summed E-state index contributed by atoms with van der Waals surface area (Å²) in [6.07, 6.45) is 5.76. The second-order valence-corrected chi connectivity index (χ2v) is 17.3. The normalized spacial score (nSPS) is 28.8. The smallest absolute Gasteiger partial charge is 0.312 e. The molecule has 2 aliphatic heterocycles. The Bertz CT molecular complexity index is 2700. The maximum Gasteiger partial charge on any atom is 0.312 e. The fourth-order valence-corrected chi connectivity index (χ4v) is 8.40. The predicted molar refractivity (Wildman–Crippen MR) is 240 cm³/mol. The number of esters is 1. The van der Waals surface area contributed by atoms with Crippen molar-refractivity contribution in [1.82, 2.24) is 9.88 Å². The van der Waals surface area contributed by atoms with Gasteiger partial charge in [-0.3, -0.25) is 24.1 Å². The van der Waals surface area contributed by atoms with Crippen LogP contribution in [0.3, 0.4) is 0 Å². The van der Waals surface area contributed by atoms with Crippen LogP contribution in [0.4, 0.5) is 5.69 Å². The van der Waals surface area contributed by atoms with Gasteiger partial charge in [0.15, 0.2) is 22.3 Å². The van der Waals surface area contributed by atoms with Crippen molar-refractivity contribution in [3.63, 3.8) is 0 Å². The van der Waals surface area contributed by atoms with Gasteiger partial charge in [0.25, 0.3) is 11.7 Å². The highest BCUT2D eigenvalue weighted by Crippen LogP contribution is 2.48. The number of ketones is 1. The molecule has 9 atom stereocenters. The Hall–Kier alpha value is -6.01. The summed E-state index contributed by atoms with van der Waals surface area (Å²) in [7, 11) is 5.31. The number of hydrogen-bond donors (Lipinski definition) is 3. The second-order valence-electron chi connectivity index (χ2n) is 17.3. The number of nitrogens with zero attached hydrogens (tertiary/aromatic N) is 2. The Morgan fingerprint density at radius 3 is 2.40 bits per heavy atom. The van der Waals surface area contributed by atoms with E-state index in [2.05, 4.69) is 17.2 Å². The molecule has 14 nitrogen and oxygen atoms in total. The Morgan fingerprint density at radius 2 is 1.73 bits per heavy atom. The zero-order valence-corrected chi connectivity index (χ0v) is 37.9. The van der Waals surface area contributed by atoms with Crippen LogP contribution in [0, 0.1) is 48.4 Å². The number of aromatic nitrogens is 1. The highest BCUT2D eigenvalue weighted by molar-refractivity contribution is 6.26. The van der Waals surface area contributed by atoms with Crippen LogP contribution in [-0.2, 0) is 23.8 Å². The lowest BCUT2D eigenvalue weighted by Crippen LogP contribution is -2.43. The monoisotopic (exact) mass is 863 g/mol. The van der Waals surface area contributed by atoms with Crippen LogP contribution in [0.1, 0.15) is 76.9 Å². The minimum Gasteiger partial charge on any atom is -0.505 e. The number of Topliss-reactive ketones (excluding diaryl/α,β-unsaturated/α-hetero) is 1. The number of hydrogen-bond acceptors (Lipinski definition) is 13. The second kappa shape index (κ2) is 18.4. The number of fused-ring (bicyclic) bond motifs is 2. The number of methoxy groups -OCH3 is 1. The van der Waals surface area contributed by atoms with Crippen molar-refractivity contribution in [3.8, 4) is 23.3 Å². The largest absolute Gasteiger partial charge is 0.505 e. The van der Waals surface area contributed by atoms with Crippen LogP contribution < -0.4 is 15.5 Å². The third-order valence-corrected chi connectivity index (χ3v) is 12.5. The SMILES string of the molecule is CO[C@H]1/C=C/O[C@@]2(C)Oc3c(C)c(=O)c4c(O)c(c5oc6cc(C#CCN(C)C)ccc6nc5c4c3C2=O)NC(=O)/C(C)=C\C=C\[C@H](C)[C@H](O)[C@@H](C)[C@@H](C)[C@@H](C)[C@H](OC(C)=O)[C@@H]1C. The number of aliphatic hydroxyl groups is 1. The van der Waals surface area contributed by atoms with Gasteiger partial charge in [-0.05, 0) is 70.0 Å². The molecule has 14 heteroatoms. The molecule has 0 saturated carbocycles. The van der Waals surface area contributed by atoms with Crippen LogP contribution >= 0.6 is 0 Å². The van der Waals surface area contributed by atoms with Gasteiger partial charge in [0.2, 0.25) is 0 Å². The standard InChI is InChI=1S/C49H57N3O11/c1-24-15-13-16-25(2)48(58)51-40-43(56)37-36(39-46(40)62-35-23-32(17-14-21-52(10)11)18-19-33(35)50-39)38-45(30(7)42(37)55)63-49(9,47(38)57)60-22-20-34(59-12)29(6)44(61-31(8)53)28(5)26(3)27(4)41(24)54/h13,15-16,18-20,22-24,26-29,34,41,44,54,56H,21H2,1-12H3,(H,51,58)/b15-13+,22-20+,25-16-/t24-,26+,27-,28+,29+,34-,41-,44-,49-/m0/s1. The Balaban J connectivity index is 1.59. The summed E-state index contributed by atoms with van der Waals surface area (Å²) in [6, 6.07) is 5.13. The highest BCUT2D eigenvalue weighted by atomic mass is 16.7. The number of aromatic hydroxyl groups is 1. The number of ether oxygens (including phenoxy) is 4. The van der Waals surface area contributed by atoms with Gasteiger partial charge in [-0.1, -0.05) is 64.7 Å². The number of carbonyl (C=O) groups is 3. The quantitative estimate of drug-likeness (QED) is 0.0619. The van der Waals surface area contributed by atoms with Crippen molar-refractivity contribution in [1.29, 1.82) is 0 Å². The number of phenolic OH excluding ortho intramolecular Hbond substituents is 1. The van der Waals surface area contributed by atoms with E-state index in [1.807, 2.05) is 53.6 Å². The van der Waals surface area contributed by atoms with Crippen molar-refractivity contribution in [2.24, 2.45) is 29.6 Å². The molecule has 0 aliphatic carbocycles. The zero-order chi connectivity index (χ0) is 46.2. The molecule has 1 aromatic heterocycles. The van der Waals surface area contributed by atoms with Gasteiger partial charge >= 0.3 is 11.8 Å². The predicted octanol–water partition coefficient (Wildman–Crippen LogP) is 7.19. The summed E-state index contributed by atoms with van der Waals surface area (Å²) < 4.78 is 30.6. The average molecular weight is 864 g/mol. The first kappa shape index (κ1) is 46.5. The minimum atomic E-state index is -2.00. The Kier molecular flexibility index (Phi) is 13.6. The van der Waals surface area contributed by atoms with Gasteiger partial charge in [0, 0.05) is 54.9 Å². The fraction of sp³-hybridized carbons (Fsp3) is 0.449. The molecule has 4 bridgehead atoms. The van der Waals surface area contributed by atoms with Crippen molar-refractivity contribution in [3.05, 3.63) is 81.3 Å². The first-order chi connectivity index (χ1) is 29.7.